The van der Waals surface area contributed by atoms with E-state index in [9.17, 15) is 0 Å². The van der Waals surface area contributed by atoms with Crippen molar-refractivity contribution in [1.82, 2.24) is 19.8 Å². The predicted octanol–water partition coefficient (Wildman–Crippen LogP) is 4.02. The molecule has 7 heteroatoms. The Bertz CT molecular complexity index is 965. The zero-order chi connectivity index (χ0) is 20.9. The van der Waals surface area contributed by atoms with Crippen LogP contribution in [-0.4, -0.2) is 66.1 Å². The molecule has 1 fully saturated rings. The normalized spacial score (nSPS) is 15.7. The number of rotatable bonds is 8. The number of nitrogens with one attached hydrogen (secondary N) is 1. The van der Waals surface area contributed by atoms with Crippen LogP contribution in [0.4, 0.5) is 5.82 Å². The first kappa shape index (κ1) is 21.0. The number of thiophene rings is 1. The maximum atomic E-state index is 5.89. The fourth-order valence-corrected chi connectivity index (χ4v) is 4.78. The molecule has 1 saturated heterocycles. The van der Waals surface area contributed by atoms with Gasteiger partial charge in [-0.25, -0.2) is 9.97 Å². The number of hydrogen-bond donors (Lipinski definition) is 1. The van der Waals surface area contributed by atoms with E-state index in [1.165, 1.54) is 16.5 Å². The highest BCUT2D eigenvalue weighted by Gasteiger charge is 2.21. The zero-order valence-corrected chi connectivity index (χ0v) is 18.9. The van der Waals surface area contributed by atoms with Gasteiger partial charge in [0, 0.05) is 32.2 Å². The molecule has 0 amide bonds. The molecule has 4 rings (SSSR count). The molecule has 3 aromatic rings. The summed E-state index contributed by atoms with van der Waals surface area (Å²) in [7, 11) is 4.13. The van der Waals surface area contributed by atoms with Gasteiger partial charge in [-0.05, 0) is 62.5 Å². The SMILES string of the molecule is Cc1csc2ncnc(NC3CCN(Cc4cccc(OCCN(C)C)c4)CC3)c12. The van der Waals surface area contributed by atoms with Crippen LogP contribution in [0.25, 0.3) is 10.2 Å². The van der Waals surface area contributed by atoms with Crippen molar-refractivity contribution >= 4 is 27.4 Å². The van der Waals surface area contributed by atoms with Gasteiger partial charge in [-0.2, -0.15) is 0 Å². The highest BCUT2D eigenvalue weighted by Crippen LogP contribution is 2.29. The average Bonchev–Trinajstić information content (AvgIpc) is 3.12. The number of fused-ring (bicyclic) bond motifs is 1. The van der Waals surface area contributed by atoms with Gasteiger partial charge < -0.3 is 15.0 Å². The van der Waals surface area contributed by atoms with E-state index in [-0.39, 0.29) is 0 Å². The molecule has 0 aliphatic carbocycles. The molecule has 30 heavy (non-hydrogen) atoms. The minimum absolute atomic E-state index is 0.458. The molecule has 0 saturated carbocycles. The van der Waals surface area contributed by atoms with Crippen molar-refractivity contribution in [1.29, 1.82) is 0 Å². The summed E-state index contributed by atoms with van der Waals surface area (Å²) in [5.41, 5.74) is 2.57. The van der Waals surface area contributed by atoms with Crippen molar-refractivity contribution in [3.05, 3.63) is 47.1 Å². The minimum Gasteiger partial charge on any atom is -0.492 e. The van der Waals surface area contributed by atoms with E-state index in [0.717, 1.165) is 55.4 Å². The largest absolute Gasteiger partial charge is 0.492 e. The van der Waals surface area contributed by atoms with Crippen molar-refractivity contribution < 1.29 is 4.74 Å². The summed E-state index contributed by atoms with van der Waals surface area (Å²) < 4.78 is 5.89. The quantitative estimate of drug-likeness (QED) is 0.588. The summed E-state index contributed by atoms with van der Waals surface area (Å²) in [6.07, 6.45) is 3.91. The lowest BCUT2D eigenvalue weighted by Gasteiger charge is -2.32. The molecule has 0 unspecified atom stereocenters. The van der Waals surface area contributed by atoms with Crippen molar-refractivity contribution in [3.8, 4) is 5.75 Å². The molecule has 0 atom stereocenters. The number of aryl methyl sites for hydroxylation is 1. The summed E-state index contributed by atoms with van der Waals surface area (Å²) in [5.74, 6) is 1.95. The smallest absolute Gasteiger partial charge is 0.138 e. The monoisotopic (exact) mass is 425 g/mol. The van der Waals surface area contributed by atoms with Crippen LogP contribution in [0.2, 0.25) is 0 Å². The standard InChI is InChI=1S/C23H31N5OS/c1-17-15-30-23-21(17)22(24-16-25-23)26-19-7-9-28(10-8-19)14-18-5-4-6-20(13-18)29-12-11-27(2)3/h4-6,13,15-16,19H,7-12,14H2,1-3H3,(H,24,25,26). The lowest BCUT2D eigenvalue weighted by molar-refractivity contribution is 0.210. The van der Waals surface area contributed by atoms with Gasteiger partial charge in [0.2, 0.25) is 0 Å². The van der Waals surface area contributed by atoms with Crippen LogP contribution in [0, 0.1) is 6.92 Å². The Balaban J connectivity index is 1.29. The van der Waals surface area contributed by atoms with E-state index in [4.69, 9.17) is 4.74 Å². The Morgan fingerprint density at radius 2 is 2.07 bits per heavy atom. The van der Waals surface area contributed by atoms with Gasteiger partial charge in [0.15, 0.2) is 0 Å². The van der Waals surface area contributed by atoms with Crippen LogP contribution in [0.3, 0.4) is 0 Å². The molecule has 0 bridgehead atoms. The molecule has 0 radical (unpaired) electrons. The summed E-state index contributed by atoms with van der Waals surface area (Å²) in [6.45, 7) is 6.91. The fourth-order valence-electron chi connectivity index (χ4n) is 3.89. The van der Waals surface area contributed by atoms with Gasteiger partial charge in [-0.3, -0.25) is 4.90 Å². The van der Waals surface area contributed by atoms with E-state index in [1.807, 2.05) is 6.07 Å². The van der Waals surface area contributed by atoms with Gasteiger partial charge in [0.1, 0.15) is 29.3 Å². The van der Waals surface area contributed by atoms with E-state index < -0.39 is 0 Å². The zero-order valence-electron chi connectivity index (χ0n) is 18.1. The molecule has 1 aromatic carbocycles. The number of piperidine rings is 1. The van der Waals surface area contributed by atoms with Crippen molar-refractivity contribution in [2.45, 2.75) is 32.4 Å². The average molecular weight is 426 g/mol. The number of benzene rings is 1. The molecule has 1 aliphatic rings. The second-order valence-corrected chi connectivity index (χ2v) is 9.17. The Kier molecular flexibility index (Phi) is 6.82. The van der Waals surface area contributed by atoms with Gasteiger partial charge in [-0.1, -0.05) is 12.1 Å². The maximum Gasteiger partial charge on any atom is 0.138 e. The van der Waals surface area contributed by atoms with Crippen LogP contribution in [-0.2, 0) is 6.54 Å². The summed E-state index contributed by atoms with van der Waals surface area (Å²) >= 11 is 1.69. The Hall–Kier alpha value is -2.22. The lowest BCUT2D eigenvalue weighted by Crippen LogP contribution is -2.38. The van der Waals surface area contributed by atoms with E-state index in [1.54, 1.807) is 17.7 Å². The first-order chi connectivity index (χ1) is 14.6. The Labute approximate surface area is 182 Å². The van der Waals surface area contributed by atoms with Crippen molar-refractivity contribution in [2.24, 2.45) is 0 Å². The third kappa shape index (κ3) is 5.28. The molecule has 160 valence electrons. The number of likely N-dealkylation sites (N-methyl/N-ethyl adjacent to an activating group) is 1. The first-order valence-corrected chi connectivity index (χ1v) is 11.5. The predicted molar refractivity (Wildman–Crippen MR) is 125 cm³/mol. The van der Waals surface area contributed by atoms with Gasteiger partial charge >= 0.3 is 0 Å². The second-order valence-electron chi connectivity index (χ2n) is 8.32. The van der Waals surface area contributed by atoms with Crippen molar-refractivity contribution in [3.63, 3.8) is 0 Å². The second kappa shape index (κ2) is 9.73. The fraction of sp³-hybridized carbons (Fsp3) is 0.478. The third-order valence-electron chi connectivity index (χ3n) is 5.59. The van der Waals surface area contributed by atoms with E-state index in [0.29, 0.717) is 12.6 Å². The van der Waals surface area contributed by atoms with Crippen LogP contribution >= 0.6 is 11.3 Å². The Morgan fingerprint density at radius 1 is 1.23 bits per heavy atom. The highest BCUT2D eigenvalue weighted by molar-refractivity contribution is 7.17. The number of nitrogens with zero attached hydrogens (tertiary/aromatic N) is 4. The molecule has 2 aromatic heterocycles. The number of ether oxygens (including phenoxy) is 1. The number of aromatic nitrogens is 2. The molecular weight excluding hydrogens is 394 g/mol. The van der Waals surface area contributed by atoms with Crippen LogP contribution in [0.5, 0.6) is 5.75 Å². The molecule has 1 aliphatic heterocycles. The van der Waals surface area contributed by atoms with Gasteiger partial charge in [-0.15, -0.1) is 11.3 Å². The first-order valence-electron chi connectivity index (χ1n) is 10.6. The molecule has 3 heterocycles. The van der Waals surface area contributed by atoms with E-state index in [2.05, 4.69) is 69.7 Å². The van der Waals surface area contributed by atoms with Gasteiger partial charge in [0.05, 0.1) is 5.39 Å². The van der Waals surface area contributed by atoms with Crippen LogP contribution in [0.1, 0.15) is 24.0 Å². The number of likely N-dealkylation sites (tertiary alicyclic amines) is 1. The maximum absolute atomic E-state index is 5.89. The number of anilines is 1. The Morgan fingerprint density at radius 3 is 2.87 bits per heavy atom. The summed E-state index contributed by atoms with van der Waals surface area (Å²) in [5, 5.41) is 7.02. The minimum atomic E-state index is 0.458. The number of hydrogen-bond acceptors (Lipinski definition) is 7. The van der Waals surface area contributed by atoms with Gasteiger partial charge in [0.25, 0.3) is 0 Å². The summed E-state index contributed by atoms with van der Waals surface area (Å²) in [4.78, 5) is 14.6. The van der Waals surface area contributed by atoms with Crippen LogP contribution < -0.4 is 10.1 Å². The van der Waals surface area contributed by atoms with E-state index >= 15 is 0 Å². The molecule has 1 N–H and O–H groups in total. The summed E-state index contributed by atoms with van der Waals surface area (Å²) in [6, 6.07) is 8.97. The highest BCUT2D eigenvalue weighted by atomic mass is 32.1. The molecule has 0 spiro atoms. The third-order valence-corrected chi connectivity index (χ3v) is 6.60. The van der Waals surface area contributed by atoms with Crippen molar-refractivity contribution in [2.75, 3.05) is 45.7 Å². The molecule has 6 nitrogen and oxygen atoms in total. The molecular formula is C23H31N5OS. The lowest BCUT2D eigenvalue weighted by atomic mass is 10.0. The topological polar surface area (TPSA) is 53.5 Å². The van der Waals surface area contributed by atoms with Crippen LogP contribution in [0.15, 0.2) is 36.0 Å².